The number of fused-ring (bicyclic) bond motifs is 2. The zero-order chi connectivity index (χ0) is 31.8. The van der Waals surface area contributed by atoms with Gasteiger partial charge in [0.2, 0.25) is 17.7 Å². The van der Waals surface area contributed by atoms with Crippen LogP contribution >= 0.6 is 0 Å². The molecular weight excluding hydrogens is 574 g/mol. The smallest absolute Gasteiger partial charge is 0.326 e. The van der Waals surface area contributed by atoms with Crippen LogP contribution in [-0.2, 0) is 32.0 Å². The number of carbonyl (C=O) groups excluding carboxylic acids is 3. The number of nitrogens with two attached hydrogens (primary N) is 1. The van der Waals surface area contributed by atoms with Crippen molar-refractivity contribution in [1.82, 2.24) is 31.2 Å². The number of carbonyl (C=O) groups is 4. The summed E-state index contributed by atoms with van der Waals surface area (Å²) in [6.07, 6.45) is 6.78. The van der Waals surface area contributed by atoms with Gasteiger partial charge >= 0.3 is 5.97 Å². The second-order valence-corrected chi connectivity index (χ2v) is 11.6. The Morgan fingerprint density at radius 1 is 0.800 bits per heavy atom. The van der Waals surface area contributed by atoms with Gasteiger partial charge in [0.1, 0.15) is 18.1 Å². The molecule has 1 fully saturated rings. The summed E-state index contributed by atoms with van der Waals surface area (Å²) in [7, 11) is 0. The number of nitrogens with one attached hydrogen (secondary N) is 6. The van der Waals surface area contributed by atoms with E-state index in [0.717, 1.165) is 45.9 Å². The molecule has 45 heavy (non-hydrogen) atoms. The lowest BCUT2D eigenvalue weighted by atomic mass is 10.0. The van der Waals surface area contributed by atoms with E-state index in [1.807, 2.05) is 54.7 Å². The maximum Gasteiger partial charge on any atom is 0.326 e. The first-order chi connectivity index (χ1) is 21.8. The van der Waals surface area contributed by atoms with E-state index in [4.69, 9.17) is 5.73 Å². The minimum atomic E-state index is -1.16. The minimum Gasteiger partial charge on any atom is -0.480 e. The van der Waals surface area contributed by atoms with Crippen LogP contribution in [0.15, 0.2) is 60.9 Å². The predicted octanol–water partition coefficient (Wildman–Crippen LogP) is 1.85. The molecule has 1 aliphatic heterocycles. The van der Waals surface area contributed by atoms with Crippen molar-refractivity contribution in [2.24, 2.45) is 5.73 Å². The number of aromatic amines is 2. The number of carboxylic acids is 1. The van der Waals surface area contributed by atoms with Gasteiger partial charge in [0, 0.05) is 47.0 Å². The molecule has 3 heterocycles. The van der Waals surface area contributed by atoms with E-state index in [-0.39, 0.29) is 25.2 Å². The molecule has 12 nitrogen and oxygen atoms in total. The van der Waals surface area contributed by atoms with E-state index in [1.54, 1.807) is 6.20 Å². The van der Waals surface area contributed by atoms with Crippen LogP contribution in [0.4, 0.5) is 0 Å². The van der Waals surface area contributed by atoms with Crippen molar-refractivity contribution in [3.8, 4) is 0 Å². The third kappa shape index (κ3) is 7.89. The monoisotopic (exact) mass is 615 g/mol. The van der Waals surface area contributed by atoms with E-state index < -0.39 is 42.0 Å². The van der Waals surface area contributed by atoms with Gasteiger partial charge in [0.05, 0.1) is 6.04 Å². The van der Waals surface area contributed by atoms with Crippen LogP contribution in [0.1, 0.15) is 43.2 Å². The van der Waals surface area contributed by atoms with Crippen LogP contribution in [-0.4, -0.2) is 76.0 Å². The van der Waals surface area contributed by atoms with Crippen molar-refractivity contribution in [1.29, 1.82) is 0 Å². The summed E-state index contributed by atoms with van der Waals surface area (Å²) in [5.41, 5.74) is 8.98. The molecule has 0 bridgehead atoms. The lowest BCUT2D eigenvalue weighted by Crippen LogP contribution is -2.58. The first kappa shape index (κ1) is 31.7. The maximum atomic E-state index is 14.0. The van der Waals surface area contributed by atoms with Gasteiger partial charge in [-0.1, -0.05) is 36.4 Å². The van der Waals surface area contributed by atoms with Crippen LogP contribution < -0.4 is 27.0 Å². The number of aliphatic carboxylic acids is 1. The average Bonchev–Trinajstić information content (AvgIpc) is 3.81. The number of rotatable bonds is 15. The summed E-state index contributed by atoms with van der Waals surface area (Å²) < 4.78 is 0. The lowest BCUT2D eigenvalue weighted by Gasteiger charge is -2.25. The van der Waals surface area contributed by atoms with Gasteiger partial charge in [0.15, 0.2) is 0 Å². The maximum absolute atomic E-state index is 14.0. The Hall–Kier alpha value is -4.68. The lowest BCUT2D eigenvalue weighted by molar-refractivity contribution is -0.142. The molecular formula is C33H41N7O5. The number of hydrogen-bond acceptors (Lipinski definition) is 6. The highest BCUT2D eigenvalue weighted by atomic mass is 16.4. The summed E-state index contributed by atoms with van der Waals surface area (Å²) in [5.74, 6) is -2.60. The van der Waals surface area contributed by atoms with Gasteiger partial charge in [-0.05, 0) is 68.5 Å². The molecule has 12 heteroatoms. The van der Waals surface area contributed by atoms with Crippen LogP contribution in [0, 0.1) is 0 Å². The van der Waals surface area contributed by atoms with E-state index in [1.165, 1.54) is 0 Å². The Labute approximate surface area is 260 Å². The van der Waals surface area contributed by atoms with Gasteiger partial charge in [-0.25, -0.2) is 4.79 Å². The SMILES string of the molecule is NCCCCC(NC(=O)C(Cc1c[nH]c2ccccc12)NC(=O)C(Cc1c[nH]c2ccccc12)NC(=O)C1CCCN1)C(=O)O. The fourth-order valence-corrected chi connectivity index (χ4v) is 5.93. The van der Waals surface area contributed by atoms with Crippen molar-refractivity contribution >= 4 is 45.5 Å². The van der Waals surface area contributed by atoms with Crippen molar-refractivity contribution in [2.75, 3.05) is 13.1 Å². The molecule has 4 atom stereocenters. The van der Waals surface area contributed by atoms with E-state index in [2.05, 4.69) is 31.2 Å². The van der Waals surface area contributed by atoms with Crippen molar-refractivity contribution < 1.29 is 24.3 Å². The summed E-state index contributed by atoms with van der Waals surface area (Å²) >= 11 is 0. The molecule has 0 saturated carbocycles. The van der Waals surface area contributed by atoms with E-state index >= 15 is 0 Å². The molecule has 5 rings (SSSR count). The van der Waals surface area contributed by atoms with Gasteiger partial charge < -0.3 is 42.1 Å². The zero-order valence-corrected chi connectivity index (χ0v) is 25.1. The van der Waals surface area contributed by atoms with E-state index in [0.29, 0.717) is 25.8 Å². The molecule has 1 aliphatic rings. The Kier molecular flexibility index (Phi) is 10.5. The van der Waals surface area contributed by atoms with Crippen LogP contribution in [0.25, 0.3) is 21.8 Å². The number of carboxylic acid groups (broad SMARTS) is 1. The Morgan fingerprint density at radius 2 is 1.36 bits per heavy atom. The molecule has 0 spiro atoms. The Bertz CT molecular complexity index is 1640. The molecule has 238 valence electrons. The summed E-state index contributed by atoms with van der Waals surface area (Å²) in [5, 5.41) is 23.2. The number of amides is 3. The van der Waals surface area contributed by atoms with Gasteiger partial charge in [0.25, 0.3) is 0 Å². The molecule has 0 radical (unpaired) electrons. The summed E-state index contributed by atoms with van der Waals surface area (Å²) in [6, 6.07) is 11.7. The normalized spacial score (nSPS) is 16.7. The first-order valence-corrected chi connectivity index (χ1v) is 15.5. The second kappa shape index (κ2) is 14.9. The number of benzene rings is 2. The number of unbranched alkanes of at least 4 members (excludes halogenated alkanes) is 1. The van der Waals surface area contributed by atoms with Crippen LogP contribution in [0.3, 0.4) is 0 Å². The number of H-pyrrole nitrogens is 2. The largest absolute Gasteiger partial charge is 0.480 e. The topological polar surface area (TPSA) is 194 Å². The molecule has 3 amide bonds. The van der Waals surface area contributed by atoms with Gasteiger partial charge in [-0.15, -0.1) is 0 Å². The minimum absolute atomic E-state index is 0.106. The predicted molar refractivity (Wildman–Crippen MR) is 171 cm³/mol. The highest BCUT2D eigenvalue weighted by Gasteiger charge is 2.32. The first-order valence-electron chi connectivity index (χ1n) is 15.5. The molecule has 2 aromatic heterocycles. The fourth-order valence-electron chi connectivity index (χ4n) is 5.93. The highest BCUT2D eigenvalue weighted by Crippen LogP contribution is 2.21. The molecule has 2 aromatic carbocycles. The van der Waals surface area contributed by atoms with Crippen molar-refractivity contribution in [3.63, 3.8) is 0 Å². The third-order valence-corrected chi connectivity index (χ3v) is 8.40. The molecule has 1 saturated heterocycles. The molecule has 9 N–H and O–H groups in total. The number of para-hydroxylation sites is 2. The summed E-state index contributed by atoms with van der Waals surface area (Å²) in [6.45, 7) is 1.14. The van der Waals surface area contributed by atoms with Gasteiger partial charge in [-0.2, -0.15) is 0 Å². The number of aromatic nitrogens is 2. The summed E-state index contributed by atoms with van der Waals surface area (Å²) in [4.78, 5) is 59.3. The van der Waals surface area contributed by atoms with Crippen molar-refractivity contribution in [3.05, 3.63) is 72.1 Å². The molecule has 4 unspecified atom stereocenters. The fraction of sp³-hybridized carbons (Fsp3) is 0.394. The molecule has 4 aromatic rings. The quantitative estimate of drug-likeness (QED) is 0.0935. The van der Waals surface area contributed by atoms with Crippen LogP contribution in [0.5, 0.6) is 0 Å². The van der Waals surface area contributed by atoms with Crippen LogP contribution in [0.2, 0.25) is 0 Å². The van der Waals surface area contributed by atoms with E-state index in [9.17, 15) is 24.3 Å². The molecule has 0 aliphatic carbocycles. The second-order valence-electron chi connectivity index (χ2n) is 11.6. The highest BCUT2D eigenvalue weighted by molar-refractivity contribution is 5.95. The third-order valence-electron chi connectivity index (χ3n) is 8.40. The Balaban J connectivity index is 1.41. The Morgan fingerprint density at radius 3 is 1.89 bits per heavy atom. The average molecular weight is 616 g/mol. The standard InChI is InChI=1S/C33H41N7O5/c34-14-6-5-12-27(33(44)45)38-31(42)28(16-20-18-36-24-10-3-1-8-22(20)24)40-32(43)29(39-30(41)26-13-7-15-35-26)17-21-19-37-25-11-4-2-9-23(21)25/h1-4,8-11,18-19,26-29,35-37H,5-7,12-17,34H2,(H,38,42)(H,39,41)(H,40,43)(H,44,45). The number of hydrogen-bond donors (Lipinski definition) is 8. The zero-order valence-electron chi connectivity index (χ0n) is 25.1. The van der Waals surface area contributed by atoms with Crippen molar-refractivity contribution in [2.45, 2.75) is 69.1 Å². The van der Waals surface area contributed by atoms with Gasteiger partial charge in [-0.3, -0.25) is 14.4 Å².